The molecule has 2 nitrogen and oxygen atoms in total. The maximum atomic E-state index is 6.50. The van der Waals surface area contributed by atoms with Gasteiger partial charge in [-0.1, -0.05) is 13.3 Å². The third-order valence-electron chi connectivity index (χ3n) is 4.36. The van der Waals surface area contributed by atoms with Gasteiger partial charge in [0.1, 0.15) is 0 Å². The molecule has 1 saturated carbocycles. The van der Waals surface area contributed by atoms with E-state index in [2.05, 4.69) is 6.92 Å². The molecule has 0 aromatic heterocycles. The molecule has 0 spiro atoms. The van der Waals surface area contributed by atoms with E-state index in [1.807, 2.05) is 0 Å². The van der Waals surface area contributed by atoms with E-state index in [1.165, 1.54) is 38.5 Å². The molecule has 2 heteroatoms. The van der Waals surface area contributed by atoms with Crippen molar-refractivity contribution in [3.8, 4) is 0 Å². The van der Waals surface area contributed by atoms with E-state index in [9.17, 15) is 0 Å². The minimum Gasteiger partial charge on any atom is -0.381 e. The van der Waals surface area contributed by atoms with Gasteiger partial charge in [0, 0.05) is 18.1 Å². The van der Waals surface area contributed by atoms with Gasteiger partial charge in [0.15, 0.2) is 0 Å². The van der Waals surface area contributed by atoms with Gasteiger partial charge in [0.25, 0.3) is 0 Å². The fourth-order valence-electron chi connectivity index (χ4n) is 3.02. The van der Waals surface area contributed by atoms with Crippen LogP contribution in [0, 0.1) is 11.8 Å². The second-order valence-corrected chi connectivity index (χ2v) is 5.15. The van der Waals surface area contributed by atoms with E-state index in [0.717, 1.165) is 19.1 Å². The second-order valence-electron chi connectivity index (χ2n) is 5.15. The molecule has 2 rings (SSSR count). The van der Waals surface area contributed by atoms with Crippen molar-refractivity contribution in [2.24, 2.45) is 17.6 Å². The van der Waals surface area contributed by atoms with Crippen LogP contribution in [0.15, 0.2) is 0 Å². The third-order valence-corrected chi connectivity index (χ3v) is 4.36. The highest BCUT2D eigenvalue weighted by Crippen LogP contribution is 2.39. The summed E-state index contributed by atoms with van der Waals surface area (Å²) in [5.41, 5.74) is 6.61. The second kappa shape index (κ2) is 4.19. The lowest BCUT2D eigenvalue weighted by Crippen LogP contribution is -2.50. The van der Waals surface area contributed by atoms with Crippen LogP contribution in [0.1, 0.15) is 45.4 Å². The van der Waals surface area contributed by atoms with Crippen molar-refractivity contribution < 1.29 is 4.74 Å². The summed E-state index contributed by atoms with van der Waals surface area (Å²) in [5, 5.41) is 0. The fourth-order valence-corrected chi connectivity index (χ4v) is 3.02. The quantitative estimate of drug-likeness (QED) is 0.737. The van der Waals surface area contributed by atoms with Crippen LogP contribution in [-0.4, -0.2) is 18.8 Å². The number of rotatable bonds is 2. The van der Waals surface area contributed by atoms with Gasteiger partial charge >= 0.3 is 0 Å². The Hall–Kier alpha value is -0.0800. The summed E-state index contributed by atoms with van der Waals surface area (Å²) >= 11 is 0. The summed E-state index contributed by atoms with van der Waals surface area (Å²) in [6.45, 7) is 4.14. The van der Waals surface area contributed by atoms with E-state index in [-0.39, 0.29) is 5.54 Å². The smallest absolute Gasteiger partial charge is 0.0512 e. The van der Waals surface area contributed by atoms with Gasteiger partial charge in [0.2, 0.25) is 0 Å². The summed E-state index contributed by atoms with van der Waals surface area (Å²) < 4.78 is 5.45. The Balaban J connectivity index is 1.90. The van der Waals surface area contributed by atoms with Crippen LogP contribution < -0.4 is 5.73 Å². The summed E-state index contributed by atoms with van der Waals surface area (Å²) in [4.78, 5) is 0. The average Bonchev–Trinajstić information content (AvgIpc) is 2.72. The molecule has 0 aromatic rings. The van der Waals surface area contributed by atoms with E-state index in [0.29, 0.717) is 5.92 Å². The molecule has 1 unspecified atom stereocenters. The van der Waals surface area contributed by atoms with Gasteiger partial charge in [-0.05, 0) is 38.0 Å². The molecule has 1 saturated heterocycles. The summed E-state index contributed by atoms with van der Waals surface area (Å²) in [7, 11) is 0. The van der Waals surface area contributed by atoms with Crippen LogP contribution in [0.4, 0.5) is 0 Å². The first-order valence-electron chi connectivity index (χ1n) is 6.11. The highest BCUT2D eigenvalue weighted by molar-refractivity contribution is 4.96. The van der Waals surface area contributed by atoms with Crippen LogP contribution in [-0.2, 0) is 4.74 Å². The summed E-state index contributed by atoms with van der Waals surface area (Å²) in [6, 6.07) is 0. The molecular weight excluding hydrogens is 174 g/mol. The number of nitrogens with two attached hydrogens (primary N) is 1. The Bertz CT molecular complexity index is 179. The van der Waals surface area contributed by atoms with Crippen molar-refractivity contribution in [2.45, 2.75) is 51.0 Å². The van der Waals surface area contributed by atoms with Crippen LogP contribution in [0.25, 0.3) is 0 Å². The van der Waals surface area contributed by atoms with Crippen molar-refractivity contribution >= 4 is 0 Å². The molecule has 0 amide bonds. The van der Waals surface area contributed by atoms with Gasteiger partial charge in [-0.2, -0.15) is 0 Å². The Morgan fingerprint density at radius 2 is 2.00 bits per heavy atom. The van der Waals surface area contributed by atoms with Gasteiger partial charge in [-0.15, -0.1) is 0 Å². The molecule has 0 bridgehead atoms. The molecule has 1 atom stereocenters. The lowest BCUT2D eigenvalue weighted by molar-refractivity contribution is 0.126. The fraction of sp³-hybridized carbons (Fsp3) is 1.00. The first-order valence-corrected chi connectivity index (χ1v) is 6.11. The number of hydrogen-bond donors (Lipinski definition) is 1. The first kappa shape index (κ1) is 10.4. The van der Waals surface area contributed by atoms with E-state index >= 15 is 0 Å². The normalized spacial score (nSPS) is 44.1. The van der Waals surface area contributed by atoms with Gasteiger partial charge in [-0.3, -0.25) is 0 Å². The van der Waals surface area contributed by atoms with Crippen molar-refractivity contribution in [1.82, 2.24) is 0 Å². The molecule has 2 aliphatic rings. The van der Waals surface area contributed by atoms with Gasteiger partial charge < -0.3 is 10.5 Å². The van der Waals surface area contributed by atoms with Crippen LogP contribution >= 0.6 is 0 Å². The van der Waals surface area contributed by atoms with Crippen molar-refractivity contribution in [3.63, 3.8) is 0 Å². The minimum atomic E-state index is 0.113. The Labute approximate surface area is 87.2 Å². The highest BCUT2D eigenvalue weighted by atomic mass is 16.5. The topological polar surface area (TPSA) is 35.2 Å². The van der Waals surface area contributed by atoms with E-state index in [4.69, 9.17) is 10.5 Å². The van der Waals surface area contributed by atoms with Crippen molar-refractivity contribution in [1.29, 1.82) is 0 Å². The Morgan fingerprint density at radius 1 is 1.29 bits per heavy atom. The predicted molar refractivity (Wildman–Crippen MR) is 58.1 cm³/mol. The highest BCUT2D eigenvalue weighted by Gasteiger charge is 2.39. The monoisotopic (exact) mass is 197 g/mol. The number of hydrogen-bond acceptors (Lipinski definition) is 2. The molecule has 1 heterocycles. The SMILES string of the molecule is CCC1CCC(N)(C2CCOC2)CC1. The molecule has 1 aliphatic carbocycles. The van der Waals surface area contributed by atoms with Crippen molar-refractivity contribution in [2.75, 3.05) is 13.2 Å². The third kappa shape index (κ3) is 1.96. The molecule has 2 fully saturated rings. The van der Waals surface area contributed by atoms with Crippen molar-refractivity contribution in [3.05, 3.63) is 0 Å². The first-order chi connectivity index (χ1) is 6.74. The van der Waals surface area contributed by atoms with E-state index in [1.54, 1.807) is 0 Å². The van der Waals surface area contributed by atoms with Crippen LogP contribution in [0.2, 0.25) is 0 Å². The zero-order valence-corrected chi connectivity index (χ0v) is 9.30. The molecule has 82 valence electrons. The maximum absolute atomic E-state index is 6.50. The average molecular weight is 197 g/mol. The van der Waals surface area contributed by atoms with Crippen LogP contribution in [0.3, 0.4) is 0 Å². The number of ether oxygens (including phenoxy) is 1. The molecule has 0 aromatic carbocycles. The standard InChI is InChI=1S/C12H23NO/c1-2-10-3-6-12(13,7-4-10)11-5-8-14-9-11/h10-11H,2-9,13H2,1H3. The van der Waals surface area contributed by atoms with E-state index < -0.39 is 0 Å². The molecule has 2 N–H and O–H groups in total. The lowest BCUT2D eigenvalue weighted by atomic mass is 9.69. The summed E-state index contributed by atoms with van der Waals surface area (Å²) in [6.07, 6.45) is 7.64. The molecule has 0 radical (unpaired) electrons. The maximum Gasteiger partial charge on any atom is 0.0512 e. The summed E-state index contributed by atoms with van der Waals surface area (Å²) in [5.74, 6) is 1.58. The molecule has 14 heavy (non-hydrogen) atoms. The zero-order chi connectivity index (χ0) is 10.0. The Kier molecular flexibility index (Phi) is 3.13. The predicted octanol–water partition coefficient (Wildman–Crippen LogP) is 2.32. The largest absolute Gasteiger partial charge is 0.381 e. The Morgan fingerprint density at radius 3 is 2.50 bits per heavy atom. The van der Waals surface area contributed by atoms with Crippen LogP contribution in [0.5, 0.6) is 0 Å². The van der Waals surface area contributed by atoms with Gasteiger partial charge in [0.05, 0.1) is 6.61 Å². The minimum absolute atomic E-state index is 0.113. The lowest BCUT2D eigenvalue weighted by Gasteiger charge is -2.40. The molecule has 1 aliphatic heterocycles. The zero-order valence-electron chi connectivity index (χ0n) is 9.30. The molecular formula is C12H23NO. The van der Waals surface area contributed by atoms with Gasteiger partial charge in [-0.25, -0.2) is 0 Å².